The van der Waals surface area contributed by atoms with Crippen molar-refractivity contribution in [3.8, 4) is 0 Å². The van der Waals surface area contributed by atoms with Gasteiger partial charge in [0.15, 0.2) is 0 Å². The zero-order valence-electron chi connectivity index (χ0n) is 8.53. The smallest absolute Gasteiger partial charge is 0.131 e. The zero-order chi connectivity index (χ0) is 11.4. The topological polar surface area (TPSA) is 0 Å². The van der Waals surface area contributed by atoms with E-state index in [1.165, 1.54) is 30.3 Å². The van der Waals surface area contributed by atoms with Crippen molar-refractivity contribution in [2.24, 2.45) is 0 Å². The lowest BCUT2D eigenvalue weighted by Crippen LogP contribution is -1.78. The predicted octanol–water partition coefficient (Wildman–Crippen LogP) is 4.29. The maximum Gasteiger partial charge on any atom is 0.131 e. The number of halogens is 2. The Kier molecular flexibility index (Phi) is 3.10. The molecule has 0 aliphatic heterocycles. The Bertz CT molecular complexity index is 484. The molecule has 0 aliphatic rings. The predicted molar refractivity (Wildman–Crippen MR) is 61.8 cm³/mol. The largest absolute Gasteiger partial charge is 0.207 e. The first-order valence-electron chi connectivity index (χ1n) is 4.94. The summed E-state index contributed by atoms with van der Waals surface area (Å²) in [5.41, 5.74) is 1.16. The Morgan fingerprint density at radius 1 is 0.875 bits per heavy atom. The summed E-state index contributed by atoms with van der Waals surface area (Å²) >= 11 is 0. The molecule has 0 N–H and O–H groups in total. The summed E-state index contributed by atoms with van der Waals surface area (Å²) in [6.45, 7) is 0. The highest BCUT2D eigenvalue weighted by Gasteiger charge is 1.99. The molecular weight excluding hydrogens is 206 g/mol. The molecule has 0 saturated carbocycles. The van der Waals surface area contributed by atoms with Crippen molar-refractivity contribution in [2.45, 2.75) is 0 Å². The molecular formula is C14H10F2. The maximum absolute atomic E-state index is 13.7. The van der Waals surface area contributed by atoms with Gasteiger partial charge in [0.05, 0.1) is 0 Å². The quantitative estimate of drug-likeness (QED) is 0.657. The summed E-state index contributed by atoms with van der Waals surface area (Å²) in [4.78, 5) is 0. The van der Waals surface area contributed by atoms with Gasteiger partial charge < -0.3 is 0 Å². The lowest BCUT2D eigenvalue weighted by Gasteiger charge is -1.98. The summed E-state index contributed by atoms with van der Waals surface area (Å²) in [6, 6.07) is 14.4. The van der Waals surface area contributed by atoms with E-state index in [4.69, 9.17) is 0 Å². The molecule has 0 radical (unpaired) electrons. The maximum atomic E-state index is 13.7. The van der Waals surface area contributed by atoms with Gasteiger partial charge in [0.2, 0.25) is 0 Å². The van der Waals surface area contributed by atoms with Crippen molar-refractivity contribution in [3.05, 3.63) is 71.5 Å². The third-order valence-corrected chi connectivity index (χ3v) is 2.21. The molecule has 80 valence electrons. The van der Waals surface area contributed by atoms with E-state index in [-0.39, 0.29) is 11.6 Å². The average molecular weight is 216 g/mol. The molecule has 0 amide bonds. The second kappa shape index (κ2) is 4.71. The molecule has 16 heavy (non-hydrogen) atoms. The molecule has 0 bridgehead atoms. The Labute approximate surface area is 92.9 Å². The van der Waals surface area contributed by atoms with Crippen LogP contribution in [-0.2, 0) is 0 Å². The molecule has 2 aromatic rings. The van der Waals surface area contributed by atoms with Gasteiger partial charge in [-0.05, 0) is 23.8 Å². The molecule has 0 aromatic heterocycles. The van der Waals surface area contributed by atoms with Crippen LogP contribution in [0.5, 0.6) is 0 Å². The van der Waals surface area contributed by atoms with E-state index >= 15 is 0 Å². The minimum Gasteiger partial charge on any atom is -0.207 e. The first kappa shape index (κ1) is 10.6. The molecule has 0 heterocycles. The molecule has 2 aromatic carbocycles. The lowest BCUT2D eigenvalue weighted by molar-refractivity contribution is 0.627. The molecule has 0 spiro atoms. The molecule has 2 rings (SSSR count). The SMILES string of the molecule is F/C(=C\c1ccc(F)cc1)c1ccccc1. The van der Waals surface area contributed by atoms with Gasteiger partial charge in [-0.2, -0.15) is 0 Å². The van der Waals surface area contributed by atoms with E-state index < -0.39 is 0 Å². The minimum absolute atomic E-state index is 0.322. The third-order valence-electron chi connectivity index (χ3n) is 2.21. The molecule has 0 atom stereocenters. The van der Waals surface area contributed by atoms with Crippen LogP contribution in [0.1, 0.15) is 11.1 Å². The van der Waals surface area contributed by atoms with Crippen LogP contribution in [0.25, 0.3) is 11.9 Å². The van der Waals surface area contributed by atoms with Crippen molar-refractivity contribution >= 4 is 11.9 Å². The Morgan fingerprint density at radius 3 is 2.12 bits per heavy atom. The molecule has 0 fully saturated rings. The Morgan fingerprint density at radius 2 is 1.50 bits per heavy atom. The highest BCUT2D eigenvalue weighted by Crippen LogP contribution is 2.19. The summed E-state index contributed by atoms with van der Waals surface area (Å²) in [5, 5.41) is 0. The fourth-order valence-corrected chi connectivity index (χ4v) is 1.39. The van der Waals surface area contributed by atoms with Gasteiger partial charge in [-0.15, -0.1) is 0 Å². The van der Waals surface area contributed by atoms with Gasteiger partial charge in [0.1, 0.15) is 11.6 Å². The standard InChI is InChI=1S/C14H10F2/c15-13-8-6-11(7-9-13)10-14(16)12-4-2-1-3-5-12/h1-10H/b14-10-. The van der Waals surface area contributed by atoms with Crippen LogP contribution in [0.4, 0.5) is 8.78 Å². The van der Waals surface area contributed by atoms with E-state index in [9.17, 15) is 8.78 Å². The van der Waals surface area contributed by atoms with Crippen LogP contribution in [0.3, 0.4) is 0 Å². The van der Waals surface area contributed by atoms with Gasteiger partial charge >= 0.3 is 0 Å². The summed E-state index contributed by atoms with van der Waals surface area (Å²) in [6.07, 6.45) is 1.38. The molecule has 0 aliphatic carbocycles. The van der Waals surface area contributed by atoms with Crippen molar-refractivity contribution < 1.29 is 8.78 Å². The van der Waals surface area contributed by atoms with Gasteiger partial charge in [0.25, 0.3) is 0 Å². The van der Waals surface area contributed by atoms with Crippen molar-refractivity contribution in [3.63, 3.8) is 0 Å². The molecule has 0 unspecified atom stereocenters. The normalized spacial score (nSPS) is 11.5. The highest BCUT2D eigenvalue weighted by molar-refractivity contribution is 5.76. The third kappa shape index (κ3) is 2.54. The van der Waals surface area contributed by atoms with E-state index in [0.29, 0.717) is 11.1 Å². The molecule has 0 saturated heterocycles. The van der Waals surface area contributed by atoms with E-state index in [1.54, 1.807) is 24.3 Å². The number of rotatable bonds is 2. The van der Waals surface area contributed by atoms with Crippen LogP contribution in [0.2, 0.25) is 0 Å². The van der Waals surface area contributed by atoms with Gasteiger partial charge in [0, 0.05) is 5.56 Å². The van der Waals surface area contributed by atoms with Crippen LogP contribution in [-0.4, -0.2) is 0 Å². The van der Waals surface area contributed by atoms with Gasteiger partial charge in [-0.3, -0.25) is 0 Å². The second-order valence-electron chi connectivity index (χ2n) is 3.41. The van der Waals surface area contributed by atoms with Crippen LogP contribution < -0.4 is 0 Å². The van der Waals surface area contributed by atoms with Crippen molar-refractivity contribution in [1.82, 2.24) is 0 Å². The van der Waals surface area contributed by atoms with Gasteiger partial charge in [-0.25, -0.2) is 8.78 Å². The molecule has 2 heteroatoms. The highest BCUT2D eigenvalue weighted by atomic mass is 19.1. The number of hydrogen-bond donors (Lipinski definition) is 0. The molecule has 0 nitrogen and oxygen atoms in total. The lowest BCUT2D eigenvalue weighted by atomic mass is 10.1. The fourth-order valence-electron chi connectivity index (χ4n) is 1.39. The zero-order valence-corrected chi connectivity index (χ0v) is 8.53. The monoisotopic (exact) mass is 216 g/mol. The second-order valence-corrected chi connectivity index (χ2v) is 3.41. The summed E-state index contributed by atoms with van der Waals surface area (Å²) in [5.74, 6) is -0.649. The van der Waals surface area contributed by atoms with Crippen LogP contribution in [0.15, 0.2) is 54.6 Å². The van der Waals surface area contributed by atoms with E-state index in [2.05, 4.69) is 0 Å². The number of benzene rings is 2. The fraction of sp³-hybridized carbons (Fsp3) is 0. The van der Waals surface area contributed by atoms with Crippen molar-refractivity contribution in [1.29, 1.82) is 0 Å². The number of hydrogen-bond acceptors (Lipinski definition) is 0. The first-order valence-corrected chi connectivity index (χ1v) is 4.94. The Hall–Kier alpha value is -1.96. The minimum atomic E-state index is -0.327. The average Bonchev–Trinajstić information content (AvgIpc) is 2.33. The van der Waals surface area contributed by atoms with E-state index in [0.717, 1.165) is 0 Å². The van der Waals surface area contributed by atoms with Crippen LogP contribution in [0, 0.1) is 5.82 Å². The van der Waals surface area contributed by atoms with Gasteiger partial charge in [-0.1, -0.05) is 42.5 Å². The Balaban J connectivity index is 2.28. The van der Waals surface area contributed by atoms with Crippen molar-refractivity contribution in [2.75, 3.05) is 0 Å². The summed E-state index contributed by atoms with van der Waals surface area (Å²) < 4.78 is 26.3. The van der Waals surface area contributed by atoms with Crippen LogP contribution >= 0.6 is 0 Å². The first-order chi connectivity index (χ1) is 7.75. The van der Waals surface area contributed by atoms with E-state index in [1.807, 2.05) is 6.07 Å². The summed E-state index contributed by atoms with van der Waals surface area (Å²) in [7, 11) is 0.